The van der Waals surface area contributed by atoms with Crippen molar-refractivity contribution in [3.05, 3.63) is 0 Å². The molecule has 1 atom stereocenters. The molecule has 3 N–H and O–H groups in total. The second-order valence-electron chi connectivity index (χ2n) is 4.79. The first-order valence-corrected chi connectivity index (χ1v) is 5.22. The van der Waals surface area contributed by atoms with Crippen LogP contribution in [0.1, 0.15) is 27.2 Å². The van der Waals surface area contributed by atoms with Gasteiger partial charge in [0.15, 0.2) is 0 Å². The molecule has 1 fully saturated rings. The molecular weight excluding hydrogens is 178 g/mol. The first kappa shape index (κ1) is 11.3. The fourth-order valence-electron chi connectivity index (χ4n) is 1.70. The topological polar surface area (TPSA) is 58.4 Å². The zero-order valence-corrected chi connectivity index (χ0v) is 9.34. The van der Waals surface area contributed by atoms with Crippen LogP contribution in [0.4, 0.5) is 4.79 Å². The van der Waals surface area contributed by atoms with Crippen molar-refractivity contribution in [2.45, 2.75) is 33.2 Å². The summed E-state index contributed by atoms with van der Waals surface area (Å²) in [5, 5.41) is 2.89. The van der Waals surface area contributed by atoms with Crippen molar-refractivity contribution >= 4 is 6.03 Å². The molecule has 82 valence electrons. The third kappa shape index (κ3) is 2.61. The van der Waals surface area contributed by atoms with E-state index in [0.717, 1.165) is 19.5 Å². The Labute approximate surface area is 85.8 Å². The molecule has 1 aliphatic rings. The minimum Gasteiger partial charge on any atom is -0.336 e. The van der Waals surface area contributed by atoms with E-state index in [1.165, 1.54) is 0 Å². The molecule has 4 nitrogen and oxygen atoms in total. The predicted octanol–water partition coefficient (Wildman–Crippen LogP) is 0.775. The minimum atomic E-state index is 0.0391. The second-order valence-corrected chi connectivity index (χ2v) is 4.79. The second kappa shape index (κ2) is 4.17. The van der Waals surface area contributed by atoms with E-state index in [4.69, 9.17) is 5.73 Å². The largest absolute Gasteiger partial charge is 0.336 e. The third-order valence-electron chi connectivity index (χ3n) is 2.75. The van der Waals surface area contributed by atoms with Crippen molar-refractivity contribution in [1.29, 1.82) is 0 Å². The molecule has 0 saturated carbocycles. The van der Waals surface area contributed by atoms with Crippen LogP contribution in [0.5, 0.6) is 0 Å². The van der Waals surface area contributed by atoms with Gasteiger partial charge in [-0.1, -0.05) is 6.92 Å². The van der Waals surface area contributed by atoms with E-state index in [1.54, 1.807) is 0 Å². The molecule has 0 spiro atoms. The maximum absolute atomic E-state index is 11.6. The summed E-state index contributed by atoms with van der Waals surface area (Å²) in [5.74, 6) is 0. The number of hydrogen-bond acceptors (Lipinski definition) is 2. The lowest BCUT2D eigenvalue weighted by atomic mass is 9.90. The van der Waals surface area contributed by atoms with E-state index >= 15 is 0 Å². The maximum Gasteiger partial charge on any atom is 0.317 e. The molecule has 0 aromatic heterocycles. The van der Waals surface area contributed by atoms with E-state index in [9.17, 15) is 4.79 Å². The molecule has 0 radical (unpaired) electrons. The molecule has 1 heterocycles. The number of rotatable bonds is 2. The van der Waals surface area contributed by atoms with Crippen LogP contribution in [-0.4, -0.2) is 36.6 Å². The average Bonchev–Trinajstić information content (AvgIpc) is 2.48. The summed E-state index contributed by atoms with van der Waals surface area (Å²) in [6.07, 6.45) is 1.01. The molecule has 0 aromatic rings. The molecule has 2 amide bonds. The summed E-state index contributed by atoms with van der Waals surface area (Å²) >= 11 is 0. The van der Waals surface area contributed by atoms with Gasteiger partial charge in [0.1, 0.15) is 0 Å². The first-order valence-electron chi connectivity index (χ1n) is 5.22. The smallest absolute Gasteiger partial charge is 0.317 e. The van der Waals surface area contributed by atoms with Crippen LogP contribution >= 0.6 is 0 Å². The molecule has 14 heavy (non-hydrogen) atoms. The van der Waals surface area contributed by atoms with Gasteiger partial charge in [0.25, 0.3) is 0 Å². The number of hydrogen-bond donors (Lipinski definition) is 2. The summed E-state index contributed by atoms with van der Waals surface area (Å²) in [6, 6.07) is 0.240. The Balaban J connectivity index is 2.46. The first-order chi connectivity index (χ1) is 6.47. The van der Waals surface area contributed by atoms with E-state index < -0.39 is 0 Å². The van der Waals surface area contributed by atoms with Gasteiger partial charge in [0, 0.05) is 19.1 Å². The van der Waals surface area contributed by atoms with Crippen LogP contribution in [-0.2, 0) is 0 Å². The van der Waals surface area contributed by atoms with Crippen molar-refractivity contribution in [2.24, 2.45) is 11.1 Å². The Kier molecular flexibility index (Phi) is 3.37. The van der Waals surface area contributed by atoms with E-state index in [2.05, 4.69) is 12.2 Å². The molecular formula is C10H21N3O. The molecule has 0 aliphatic carbocycles. The molecule has 0 bridgehead atoms. The van der Waals surface area contributed by atoms with Gasteiger partial charge in [-0.3, -0.25) is 0 Å². The van der Waals surface area contributed by atoms with Crippen molar-refractivity contribution in [1.82, 2.24) is 10.2 Å². The van der Waals surface area contributed by atoms with Gasteiger partial charge in [-0.25, -0.2) is 4.79 Å². The monoisotopic (exact) mass is 199 g/mol. The van der Waals surface area contributed by atoms with Crippen molar-refractivity contribution in [2.75, 3.05) is 19.6 Å². The minimum absolute atomic E-state index is 0.0391. The normalized spacial score (nSPS) is 27.1. The lowest BCUT2D eigenvalue weighted by Crippen LogP contribution is -2.43. The molecule has 4 heteroatoms. The summed E-state index contributed by atoms with van der Waals surface area (Å²) in [6.45, 7) is 8.33. The Hall–Kier alpha value is -0.770. The van der Waals surface area contributed by atoms with Gasteiger partial charge < -0.3 is 16.0 Å². The van der Waals surface area contributed by atoms with Crippen LogP contribution in [0.3, 0.4) is 0 Å². The standard InChI is InChI=1S/C10H21N3O/c1-8(2)12-9(14)13-5-4-10(3,6-11)7-13/h8H,4-7,11H2,1-3H3,(H,12,14). The zero-order valence-electron chi connectivity index (χ0n) is 9.34. The van der Waals surface area contributed by atoms with Gasteiger partial charge >= 0.3 is 6.03 Å². The van der Waals surface area contributed by atoms with E-state index in [1.807, 2.05) is 18.7 Å². The molecule has 1 rings (SSSR count). The van der Waals surface area contributed by atoms with Crippen LogP contribution in [0.2, 0.25) is 0 Å². The Morgan fingerprint density at radius 3 is 2.71 bits per heavy atom. The quantitative estimate of drug-likeness (QED) is 0.690. The number of nitrogens with one attached hydrogen (secondary N) is 1. The van der Waals surface area contributed by atoms with Crippen molar-refractivity contribution in [3.63, 3.8) is 0 Å². The zero-order chi connectivity index (χ0) is 10.8. The number of carbonyl (C=O) groups is 1. The average molecular weight is 199 g/mol. The molecule has 1 unspecified atom stereocenters. The highest BCUT2D eigenvalue weighted by Crippen LogP contribution is 2.28. The van der Waals surface area contributed by atoms with Gasteiger partial charge in [0.05, 0.1) is 0 Å². The van der Waals surface area contributed by atoms with E-state index in [0.29, 0.717) is 6.54 Å². The fraction of sp³-hybridized carbons (Fsp3) is 0.900. The van der Waals surface area contributed by atoms with Gasteiger partial charge in [-0.05, 0) is 32.2 Å². The number of urea groups is 1. The lowest BCUT2D eigenvalue weighted by Gasteiger charge is -2.23. The Morgan fingerprint density at radius 2 is 2.29 bits per heavy atom. The molecule has 1 saturated heterocycles. The summed E-state index contributed by atoms with van der Waals surface area (Å²) in [4.78, 5) is 13.5. The van der Waals surface area contributed by atoms with Crippen molar-refractivity contribution in [3.8, 4) is 0 Å². The number of carbonyl (C=O) groups excluding carboxylic acids is 1. The third-order valence-corrected chi connectivity index (χ3v) is 2.75. The van der Waals surface area contributed by atoms with Gasteiger partial charge in [-0.2, -0.15) is 0 Å². The SMILES string of the molecule is CC(C)NC(=O)N1CCC(C)(CN)C1. The number of nitrogens with two attached hydrogens (primary N) is 1. The fourth-order valence-corrected chi connectivity index (χ4v) is 1.70. The highest BCUT2D eigenvalue weighted by molar-refractivity contribution is 5.74. The van der Waals surface area contributed by atoms with Crippen LogP contribution in [0, 0.1) is 5.41 Å². The molecule has 1 aliphatic heterocycles. The van der Waals surface area contributed by atoms with Crippen molar-refractivity contribution < 1.29 is 4.79 Å². The van der Waals surface area contributed by atoms with Crippen LogP contribution in [0.15, 0.2) is 0 Å². The van der Waals surface area contributed by atoms with Crippen LogP contribution in [0.25, 0.3) is 0 Å². The van der Waals surface area contributed by atoms with Gasteiger partial charge in [-0.15, -0.1) is 0 Å². The highest BCUT2D eigenvalue weighted by Gasteiger charge is 2.34. The van der Waals surface area contributed by atoms with Gasteiger partial charge in [0.2, 0.25) is 0 Å². The summed E-state index contributed by atoms with van der Waals surface area (Å²) in [5.41, 5.74) is 5.79. The predicted molar refractivity (Wildman–Crippen MR) is 57.0 cm³/mol. The Morgan fingerprint density at radius 1 is 1.64 bits per heavy atom. The number of nitrogens with zero attached hydrogens (tertiary/aromatic N) is 1. The van der Waals surface area contributed by atoms with Crippen LogP contribution < -0.4 is 11.1 Å². The highest BCUT2D eigenvalue weighted by atomic mass is 16.2. The van der Waals surface area contributed by atoms with E-state index in [-0.39, 0.29) is 17.5 Å². The maximum atomic E-state index is 11.6. The Bertz CT molecular complexity index is 217. The number of amides is 2. The summed E-state index contributed by atoms with van der Waals surface area (Å²) < 4.78 is 0. The molecule has 0 aromatic carbocycles. The number of likely N-dealkylation sites (tertiary alicyclic amines) is 1. The lowest BCUT2D eigenvalue weighted by molar-refractivity contribution is 0.200. The summed E-state index contributed by atoms with van der Waals surface area (Å²) in [7, 11) is 0.